The van der Waals surface area contributed by atoms with Gasteiger partial charge in [-0.1, -0.05) is 222 Å². The van der Waals surface area contributed by atoms with Gasteiger partial charge in [-0.15, -0.1) is 0 Å². The molecule has 1 aliphatic rings. The van der Waals surface area contributed by atoms with Crippen LogP contribution >= 0.6 is 0 Å². The quantitative estimate of drug-likeness (QED) is 0.156. The Bertz CT molecular complexity index is 4600. The predicted molar refractivity (Wildman–Crippen MR) is 313 cm³/mol. The van der Waals surface area contributed by atoms with Crippen LogP contribution in [-0.2, 0) is 5.41 Å². The molecule has 0 spiro atoms. The molecule has 75 heavy (non-hydrogen) atoms. The lowest BCUT2D eigenvalue weighted by Gasteiger charge is -2.21. The topological polar surface area (TPSA) is 56.7 Å². The SMILES string of the molecule is CC.CC1(C)c2ccccc2-c2c(-c3cccc(-c4cccc5c6c7ccccc7c7ccccc7c6n(-c6cccc(-c7nc(-c8ccccc8)nc(-c8ccc9c(c8)oc8ccccc89)n7)c6)c45)c3)cccc21. The lowest BCUT2D eigenvalue weighted by Crippen LogP contribution is -2.14. The minimum Gasteiger partial charge on any atom is -0.456 e. The van der Waals surface area contributed by atoms with E-state index in [9.17, 15) is 0 Å². The smallest absolute Gasteiger partial charge is 0.164 e. The lowest BCUT2D eigenvalue weighted by atomic mass is 9.82. The highest BCUT2D eigenvalue weighted by Crippen LogP contribution is 2.53. The Labute approximate surface area is 435 Å². The van der Waals surface area contributed by atoms with Crippen LogP contribution in [-0.4, -0.2) is 19.5 Å². The standard InChI is InChI=1S/C68H44N4O.C2H6/c1-68(2)57-33-12-10-29-55(57)61-47(30-17-34-58(61)68)42-20-14-21-43(38-42)48-31-16-32-56-62-53-27-8-6-24-49(53)50-25-7-9-28-54(50)64(62)72(63(48)56)46-23-15-22-44(39-46)66-69-65(41-18-4-3-5-19-41)70-67(71-66)45-36-37-52-51-26-11-13-35-59(51)73-60(52)40-45;1-2/h3-40H,1-2H3;1-2H3. The molecule has 0 atom stereocenters. The van der Waals surface area contributed by atoms with Crippen molar-refractivity contribution in [2.75, 3.05) is 0 Å². The summed E-state index contributed by atoms with van der Waals surface area (Å²) in [5, 5.41) is 9.41. The van der Waals surface area contributed by atoms with Crippen molar-refractivity contribution >= 4 is 65.3 Å². The highest BCUT2D eigenvalue weighted by molar-refractivity contribution is 6.33. The minimum atomic E-state index is -0.0953. The molecule has 0 bridgehead atoms. The van der Waals surface area contributed by atoms with E-state index in [-0.39, 0.29) is 5.41 Å². The average molecular weight is 963 g/mol. The van der Waals surface area contributed by atoms with Gasteiger partial charge in [0, 0.05) is 60.3 Å². The molecule has 0 radical (unpaired) electrons. The van der Waals surface area contributed by atoms with Gasteiger partial charge in [-0.05, 0) is 91.5 Å². The maximum atomic E-state index is 6.36. The van der Waals surface area contributed by atoms with E-state index in [4.69, 9.17) is 19.4 Å². The molecule has 14 aromatic rings. The van der Waals surface area contributed by atoms with Crippen LogP contribution in [0.15, 0.2) is 235 Å². The summed E-state index contributed by atoms with van der Waals surface area (Å²) in [6.45, 7) is 8.70. The Kier molecular flexibility index (Phi) is 10.2. The molecule has 3 heterocycles. The van der Waals surface area contributed by atoms with Crippen molar-refractivity contribution in [3.8, 4) is 73.2 Å². The van der Waals surface area contributed by atoms with Gasteiger partial charge in [0.2, 0.25) is 0 Å². The summed E-state index contributed by atoms with van der Waals surface area (Å²) in [5.74, 6) is 1.76. The molecular weight excluding hydrogens is 913 g/mol. The van der Waals surface area contributed by atoms with Crippen LogP contribution < -0.4 is 0 Å². The molecule has 0 amide bonds. The zero-order valence-corrected chi connectivity index (χ0v) is 42.1. The van der Waals surface area contributed by atoms with E-state index in [0.717, 1.165) is 66.5 Å². The number of aromatic nitrogens is 4. The molecule has 0 saturated heterocycles. The third kappa shape index (κ3) is 6.88. The van der Waals surface area contributed by atoms with Gasteiger partial charge in [0.15, 0.2) is 17.5 Å². The van der Waals surface area contributed by atoms with Crippen molar-refractivity contribution < 1.29 is 4.42 Å². The fourth-order valence-corrected chi connectivity index (χ4v) is 12.1. The van der Waals surface area contributed by atoms with E-state index in [0.29, 0.717) is 17.5 Å². The first-order valence-electron chi connectivity index (χ1n) is 26.0. The number of furan rings is 1. The summed E-state index contributed by atoms with van der Waals surface area (Å²) in [7, 11) is 0. The summed E-state index contributed by atoms with van der Waals surface area (Å²) in [5.41, 5.74) is 17.6. The molecule has 3 aromatic heterocycles. The van der Waals surface area contributed by atoms with Crippen molar-refractivity contribution in [2.45, 2.75) is 33.1 Å². The van der Waals surface area contributed by atoms with E-state index in [1.807, 2.05) is 50.2 Å². The Morgan fingerprint density at radius 1 is 0.347 bits per heavy atom. The van der Waals surface area contributed by atoms with E-state index < -0.39 is 0 Å². The molecule has 5 nitrogen and oxygen atoms in total. The normalized spacial score (nSPS) is 12.6. The number of benzene rings is 11. The van der Waals surface area contributed by atoms with E-state index >= 15 is 0 Å². The van der Waals surface area contributed by atoms with Crippen molar-refractivity contribution in [1.29, 1.82) is 0 Å². The Balaban J connectivity index is 0.00000255. The first-order chi connectivity index (χ1) is 37.0. The molecule has 0 saturated carbocycles. The number of hydrogen-bond acceptors (Lipinski definition) is 4. The van der Waals surface area contributed by atoms with Gasteiger partial charge in [0.05, 0.1) is 11.0 Å². The predicted octanol–water partition coefficient (Wildman–Crippen LogP) is 18.8. The van der Waals surface area contributed by atoms with Crippen LogP contribution in [0.1, 0.15) is 38.8 Å². The van der Waals surface area contributed by atoms with Crippen LogP contribution in [0.25, 0.3) is 139 Å². The minimum absolute atomic E-state index is 0.0953. The number of hydrogen-bond donors (Lipinski definition) is 0. The van der Waals surface area contributed by atoms with Gasteiger partial charge < -0.3 is 8.98 Å². The molecule has 15 rings (SSSR count). The van der Waals surface area contributed by atoms with Crippen LogP contribution in [0.2, 0.25) is 0 Å². The van der Waals surface area contributed by atoms with Crippen molar-refractivity contribution in [3.05, 3.63) is 242 Å². The zero-order chi connectivity index (χ0) is 50.4. The highest BCUT2D eigenvalue weighted by Gasteiger charge is 2.36. The van der Waals surface area contributed by atoms with Gasteiger partial charge in [0.1, 0.15) is 11.2 Å². The molecular formula is C70H50N4O. The molecule has 5 heteroatoms. The largest absolute Gasteiger partial charge is 0.456 e. The number of para-hydroxylation sites is 2. The summed E-state index contributed by atoms with van der Waals surface area (Å²) in [4.78, 5) is 15.6. The van der Waals surface area contributed by atoms with Crippen LogP contribution in [0.5, 0.6) is 0 Å². The first-order valence-corrected chi connectivity index (χ1v) is 26.0. The van der Waals surface area contributed by atoms with Gasteiger partial charge in [-0.25, -0.2) is 15.0 Å². The van der Waals surface area contributed by atoms with Gasteiger partial charge in [0.25, 0.3) is 0 Å². The van der Waals surface area contributed by atoms with Gasteiger partial charge in [-0.2, -0.15) is 0 Å². The average Bonchev–Trinajstić information content (AvgIpc) is 4.21. The first kappa shape index (κ1) is 44.3. The molecule has 11 aromatic carbocycles. The third-order valence-electron chi connectivity index (χ3n) is 15.4. The molecule has 0 fully saturated rings. The fourth-order valence-electron chi connectivity index (χ4n) is 12.1. The maximum absolute atomic E-state index is 6.36. The van der Waals surface area contributed by atoms with Crippen molar-refractivity contribution in [2.24, 2.45) is 0 Å². The summed E-state index contributed by atoms with van der Waals surface area (Å²) >= 11 is 0. The number of nitrogens with zero attached hydrogens (tertiary/aromatic N) is 4. The van der Waals surface area contributed by atoms with E-state index in [1.54, 1.807) is 0 Å². The van der Waals surface area contributed by atoms with E-state index in [1.165, 1.54) is 65.7 Å². The van der Waals surface area contributed by atoms with Crippen molar-refractivity contribution in [1.82, 2.24) is 19.5 Å². The van der Waals surface area contributed by atoms with Crippen LogP contribution in [0.3, 0.4) is 0 Å². The highest BCUT2D eigenvalue weighted by atomic mass is 16.3. The number of fused-ring (bicyclic) bond motifs is 14. The molecule has 0 N–H and O–H groups in total. The second-order valence-electron chi connectivity index (χ2n) is 19.9. The van der Waals surface area contributed by atoms with E-state index in [2.05, 4.69) is 213 Å². The molecule has 0 aliphatic heterocycles. The Morgan fingerprint density at radius 3 is 1.67 bits per heavy atom. The summed E-state index contributed by atoms with van der Waals surface area (Å²) < 4.78 is 8.86. The van der Waals surface area contributed by atoms with Crippen LogP contribution in [0, 0.1) is 0 Å². The second kappa shape index (κ2) is 17.4. The molecule has 0 unspecified atom stereocenters. The Morgan fingerprint density at radius 2 is 0.867 bits per heavy atom. The Hall–Kier alpha value is -9.45. The monoisotopic (exact) mass is 962 g/mol. The molecule has 356 valence electrons. The molecule has 1 aliphatic carbocycles. The third-order valence-corrected chi connectivity index (χ3v) is 15.4. The van der Waals surface area contributed by atoms with Gasteiger partial charge >= 0.3 is 0 Å². The van der Waals surface area contributed by atoms with Crippen molar-refractivity contribution in [3.63, 3.8) is 0 Å². The summed E-state index contributed by atoms with van der Waals surface area (Å²) in [6, 6.07) is 82.8. The zero-order valence-electron chi connectivity index (χ0n) is 42.1. The maximum Gasteiger partial charge on any atom is 0.164 e. The van der Waals surface area contributed by atoms with Crippen LogP contribution in [0.4, 0.5) is 0 Å². The lowest BCUT2D eigenvalue weighted by molar-refractivity contribution is 0.660. The number of rotatable bonds is 6. The van der Waals surface area contributed by atoms with Gasteiger partial charge in [-0.3, -0.25) is 0 Å². The summed E-state index contributed by atoms with van der Waals surface area (Å²) in [6.07, 6.45) is 0. The second-order valence-corrected chi connectivity index (χ2v) is 19.9. The fraction of sp³-hybridized carbons (Fsp3) is 0.0714.